The highest BCUT2D eigenvalue weighted by atomic mass is 19.1. The maximum Gasteiger partial charge on any atom is 0.253 e. The molecule has 0 aromatic heterocycles. The van der Waals surface area contributed by atoms with Gasteiger partial charge in [0.1, 0.15) is 5.82 Å². The first-order valence-electron chi connectivity index (χ1n) is 6.00. The second kappa shape index (κ2) is 4.57. The maximum absolute atomic E-state index is 13.8. The number of benzene rings is 1. The van der Waals surface area contributed by atoms with Crippen molar-refractivity contribution < 1.29 is 9.18 Å². The maximum atomic E-state index is 13.8. The summed E-state index contributed by atoms with van der Waals surface area (Å²) in [5.41, 5.74) is 5.66. The summed E-state index contributed by atoms with van der Waals surface area (Å²) in [6.07, 6.45) is 0. The summed E-state index contributed by atoms with van der Waals surface area (Å²) >= 11 is 0. The van der Waals surface area contributed by atoms with Crippen LogP contribution in [0.15, 0.2) is 18.2 Å². The van der Waals surface area contributed by atoms with E-state index in [2.05, 4.69) is 19.2 Å². The van der Waals surface area contributed by atoms with E-state index in [0.29, 0.717) is 5.69 Å². The molecular weight excluding hydrogens is 233 g/mol. The van der Waals surface area contributed by atoms with E-state index in [9.17, 15) is 9.18 Å². The van der Waals surface area contributed by atoms with Crippen LogP contribution in [0.2, 0.25) is 0 Å². The van der Waals surface area contributed by atoms with Crippen LogP contribution < -0.4 is 16.0 Å². The Bertz CT molecular complexity index is 473. The quantitative estimate of drug-likeness (QED) is 0.828. The first-order valence-corrected chi connectivity index (χ1v) is 6.00. The molecule has 0 radical (unpaired) electrons. The Hall–Kier alpha value is -1.62. The highest BCUT2D eigenvalue weighted by Gasteiger charge is 2.32. The lowest BCUT2D eigenvalue weighted by Gasteiger charge is -2.45. The molecule has 1 aliphatic heterocycles. The molecule has 0 bridgehead atoms. The second-order valence-electron chi connectivity index (χ2n) is 5.14. The van der Waals surface area contributed by atoms with Gasteiger partial charge in [0.2, 0.25) is 0 Å². The summed E-state index contributed by atoms with van der Waals surface area (Å²) in [6, 6.07) is 4.62. The Kier molecular flexibility index (Phi) is 3.26. The summed E-state index contributed by atoms with van der Waals surface area (Å²) in [4.78, 5) is 13.5. The Morgan fingerprint density at radius 2 is 2.22 bits per heavy atom. The van der Waals surface area contributed by atoms with Crippen molar-refractivity contribution in [3.63, 3.8) is 0 Å². The normalized spacial score (nSPS) is 18.7. The van der Waals surface area contributed by atoms with Crippen molar-refractivity contribution in [3.05, 3.63) is 29.6 Å². The number of rotatable bonds is 2. The third-order valence-electron chi connectivity index (χ3n) is 3.33. The molecule has 1 amide bonds. The number of halogens is 1. The van der Waals surface area contributed by atoms with Gasteiger partial charge in [-0.15, -0.1) is 0 Å². The molecule has 2 rings (SSSR count). The molecule has 0 saturated carbocycles. The van der Waals surface area contributed by atoms with Gasteiger partial charge >= 0.3 is 0 Å². The zero-order chi connectivity index (χ0) is 13.3. The van der Waals surface area contributed by atoms with Gasteiger partial charge in [0, 0.05) is 25.2 Å². The zero-order valence-electron chi connectivity index (χ0n) is 10.7. The van der Waals surface area contributed by atoms with Crippen LogP contribution in [0.4, 0.5) is 10.1 Å². The third kappa shape index (κ3) is 2.18. The lowest BCUT2D eigenvalue weighted by molar-refractivity contribution is 0.0996. The molecule has 3 N–H and O–H groups in total. The molecule has 1 aromatic rings. The molecule has 1 aliphatic rings. The van der Waals surface area contributed by atoms with Crippen LogP contribution in [-0.2, 0) is 0 Å². The average molecular weight is 251 g/mol. The van der Waals surface area contributed by atoms with E-state index in [1.165, 1.54) is 6.07 Å². The third-order valence-corrected chi connectivity index (χ3v) is 3.33. The van der Waals surface area contributed by atoms with Gasteiger partial charge in [-0.25, -0.2) is 4.39 Å². The number of carbonyl (C=O) groups excluding carboxylic acids is 1. The molecule has 1 aromatic carbocycles. The monoisotopic (exact) mass is 251 g/mol. The molecule has 18 heavy (non-hydrogen) atoms. The zero-order valence-corrected chi connectivity index (χ0v) is 10.7. The van der Waals surface area contributed by atoms with E-state index in [0.717, 1.165) is 19.6 Å². The molecule has 1 fully saturated rings. The Morgan fingerprint density at radius 1 is 1.50 bits per heavy atom. The molecule has 0 spiro atoms. The first kappa shape index (κ1) is 12.8. The molecule has 0 unspecified atom stereocenters. The van der Waals surface area contributed by atoms with Crippen LogP contribution in [-0.4, -0.2) is 31.1 Å². The predicted octanol–water partition coefficient (Wildman–Crippen LogP) is 1.11. The fourth-order valence-electron chi connectivity index (χ4n) is 2.41. The van der Waals surface area contributed by atoms with Crippen molar-refractivity contribution in [2.24, 2.45) is 5.73 Å². The second-order valence-corrected chi connectivity index (χ2v) is 5.14. The van der Waals surface area contributed by atoms with Crippen LogP contribution in [0.25, 0.3) is 0 Å². The molecule has 98 valence electrons. The number of piperazine rings is 1. The van der Waals surface area contributed by atoms with Gasteiger partial charge in [0.25, 0.3) is 5.91 Å². The van der Waals surface area contributed by atoms with Crippen molar-refractivity contribution >= 4 is 11.6 Å². The number of nitrogens with zero attached hydrogens (tertiary/aromatic N) is 1. The SMILES string of the molecule is CC1(C)CNCCN1c1cccc(F)c1C(N)=O. The van der Waals surface area contributed by atoms with Gasteiger partial charge in [0.15, 0.2) is 0 Å². The molecule has 0 atom stereocenters. The van der Waals surface area contributed by atoms with Crippen LogP contribution in [0.5, 0.6) is 0 Å². The first-order chi connectivity index (χ1) is 8.43. The van der Waals surface area contributed by atoms with Crippen molar-refractivity contribution in [1.29, 1.82) is 0 Å². The minimum Gasteiger partial charge on any atom is -0.365 e. The molecule has 1 saturated heterocycles. The van der Waals surface area contributed by atoms with Crippen molar-refractivity contribution in [3.8, 4) is 0 Å². The summed E-state index contributed by atoms with van der Waals surface area (Å²) in [6.45, 7) is 6.40. The van der Waals surface area contributed by atoms with Gasteiger partial charge in [0.05, 0.1) is 11.3 Å². The number of hydrogen-bond donors (Lipinski definition) is 2. The van der Waals surface area contributed by atoms with E-state index in [4.69, 9.17) is 5.73 Å². The minimum absolute atomic E-state index is 0.0209. The number of primary amides is 1. The fourth-order valence-corrected chi connectivity index (χ4v) is 2.41. The lowest BCUT2D eigenvalue weighted by atomic mass is 9.97. The van der Waals surface area contributed by atoms with Gasteiger partial charge in [-0.1, -0.05) is 6.07 Å². The van der Waals surface area contributed by atoms with E-state index >= 15 is 0 Å². The number of amides is 1. The van der Waals surface area contributed by atoms with Crippen molar-refractivity contribution in [1.82, 2.24) is 5.32 Å². The summed E-state index contributed by atoms with van der Waals surface area (Å²) in [7, 11) is 0. The summed E-state index contributed by atoms with van der Waals surface area (Å²) in [5.74, 6) is -1.29. The van der Waals surface area contributed by atoms with E-state index in [1.54, 1.807) is 12.1 Å². The van der Waals surface area contributed by atoms with E-state index in [-0.39, 0.29) is 11.1 Å². The minimum atomic E-state index is -0.725. The molecule has 4 nitrogen and oxygen atoms in total. The topological polar surface area (TPSA) is 58.4 Å². The Balaban J connectivity index is 2.50. The fraction of sp³-hybridized carbons (Fsp3) is 0.462. The van der Waals surface area contributed by atoms with E-state index in [1.807, 2.05) is 4.90 Å². The van der Waals surface area contributed by atoms with Crippen LogP contribution in [0.1, 0.15) is 24.2 Å². The largest absolute Gasteiger partial charge is 0.365 e. The Morgan fingerprint density at radius 3 is 2.83 bits per heavy atom. The van der Waals surface area contributed by atoms with Gasteiger partial charge < -0.3 is 16.0 Å². The van der Waals surface area contributed by atoms with Crippen LogP contribution >= 0.6 is 0 Å². The molecule has 1 heterocycles. The lowest BCUT2D eigenvalue weighted by Crippen LogP contribution is -2.58. The molecular formula is C13H18FN3O. The number of nitrogens with two attached hydrogens (primary N) is 1. The molecule has 0 aliphatic carbocycles. The highest BCUT2D eigenvalue weighted by molar-refractivity contribution is 5.99. The van der Waals surface area contributed by atoms with Crippen molar-refractivity contribution in [2.75, 3.05) is 24.5 Å². The number of carbonyl (C=O) groups is 1. The number of nitrogens with one attached hydrogen (secondary N) is 1. The smallest absolute Gasteiger partial charge is 0.253 e. The summed E-state index contributed by atoms with van der Waals surface area (Å²) < 4.78 is 13.8. The Labute approximate surface area is 106 Å². The van der Waals surface area contributed by atoms with Crippen molar-refractivity contribution in [2.45, 2.75) is 19.4 Å². The summed E-state index contributed by atoms with van der Waals surface area (Å²) in [5, 5.41) is 3.29. The van der Waals surface area contributed by atoms with Gasteiger partial charge in [-0.05, 0) is 26.0 Å². The highest BCUT2D eigenvalue weighted by Crippen LogP contribution is 2.29. The van der Waals surface area contributed by atoms with E-state index < -0.39 is 11.7 Å². The number of anilines is 1. The predicted molar refractivity (Wildman–Crippen MR) is 69.2 cm³/mol. The molecule has 5 heteroatoms. The number of hydrogen-bond acceptors (Lipinski definition) is 3. The standard InChI is InChI=1S/C13H18FN3O/c1-13(2)8-16-6-7-17(13)10-5-3-4-9(14)11(10)12(15)18/h3-5,16H,6-8H2,1-2H3,(H2,15,18). The van der Waals surface area contributed by atoms with Gasteiger partial charge in [-0.3, -0.25) is 4.79 Å². The van der Waals surface area contributed by atoms with Crippen LogP contribution in [0, 0.1) is 5.82 Å². The average Bonchev–Trinajstić information content (AvgIpc) is 2.27. The van der Waals surface area contributed by atoms with Crippen LogP contribution in [0.3, 0.4) is 0 Å². The van der Waals surface area contributed by atoms with Gasteiger partial charge in [-0.2, -0.15) is 0 Å².